The SMILES string of the molecule is Cc1ccc(C)c(SCC(=O)N2CCCC(C3OCCO3)C2)c1. The largest absolute Gasteiger partial charge is 0.350 e. The van der Waals surface area contributed by atoms with E-state index in [2.05, 4.69) is 32.0 Å². The number of benzene rings is 1. The van der Waals surface area contributed by atoms with Gasteiger partial charge in [0, 0.05) is 23.9 Å². The van der Waals surface area contributed by atoms with E-state index < -0.39 is 0 Å². The molecule has 0 radical (unpaired) electrons. The van der Waals surface area contributed by atoms with E-state index in [-0.39, 0.29) is 12.2 Å². The summed E-state index contributed by atoms with van der Waals surface area (Å²) in [7, 11) is 0. The van der Waals surface area contributed by atoms with Crippen LogP contribution in [0.5, 0.6) is 0 Å². The third-order valence-electron chi connectivity index (χ3n) is 4.54. The van der Waals surface area contributed by atoms with Crippen LogP contribution in [0, 0.1) is 19.8 Å². The van der Waals surface area contributed by atoms with E-state index in [0.717, 1.165) is 25.9 Å². The molecular weight excluding hydrogens is 310 g/mol. The van der Waals surface area contributed by atoms with Gasteiger partial charge in [-0.2, -0.15) is 0 Å². The van der Waals surface area contributed by atoms with Crippen LogP contribution < -0.4 is 0 Å². The lowest BCUT2D eigenvalue weighted by Crippen LogP contribution is -2.44. The maximum Gasteiger partial charge on any atom is 0.232 e. The monoisotopic (exact) mass is 335 g/mol. The molecule has 2 heterocycles. The highest BCUT2D eigenvalue weighted by molar-refractivity contribution is 8.00. The van der Waals surface area contributed by atoms with Crippen LogP contribution in [0.25, 0.3) is 0 Å². The molecule has 0 aliphatic carbocycles. The van der Waals surface area contributed by atoms with Crippen molar-refractivity contribution in [1.82, 2.24) is 4.90 Å². The number of aryl methyl sites for hydroxylation is 2. The second kappa shape index (κ2) is 7.69. The number of carbonyl (C=O) groups is 1. The molecule has 0 saturated carbocycles. The zero-order chi connectivity index (χ0) is 16.2. The van der Waals surface area contributed by atoms with Crippen molar-refractivity contribution in [3.05, 3.63) is 29.3 Å². The van der Waals surface area contributed by atoms with E-state index in [9.17, 15) is 4.79 Å². The Kier molecular flexibility index (Phi) is 5.62. The summed E-state index contributed by atoms with van der Waals surface area (Å²) in [6, 6.07) is 6.39. The van der Waals surface area contributed by atoms with Gasteiger partial charge in [-0.3, -0.25) is 4.79 Å². The summed E-state index contributed by atoms with van der Waals surface area (Å²) in [5, 5.41) is 0. The molecule has 2 saturated heterocycles. The smallest absolute Gasteiger partial charge is 0.232 e. The van der Waals surface area contributed by atoms with Crippen molar-refractivity contribution in [2.45, 2.75) is 37.9 Å². The minimum atomic E-state index is -0.114. The Morgan fingerprint density at radius 2 is 2.09 bits per heavy atom. The Labute approximate surface area is 142 Å². The zero-order valence-corrected chi connectivity index (χ0v) is 14.7. The Morgan fingerprint density at radius 3 is 2.87 bits per heavy atom. The van der Waals surface area contributed by atoms with Crippen molar-refractivity contribution < 1.29 is 14.3 Å². The molecular formula is C18H25NO3S. The molecule has 0 N–H and O–H groups in total. The van der Waals surface area contributed by atoms with Gasteiger partial charge < -0.3 is 14.4 Å². The molecule has 4 nitrogen and oxygen atoms in total. The highest BCUT2D eigenvalue weighted by Gasteiger charge is 2.32. The average Bonchev–Trinajstić information content (AvgIpc) is 3.10. The van der Waals surface area contributed by atoms with Crippen molar-refractivity contribution in [3.63, 3.8) is 0 Å². The van der Waals surface area contributed by atoms with Gasteiger partial charge in [0.1, 0.15) is 0 Å². The van der Waals surface area contributed by atoms with Gasteiger partial charge in [0.05, 0.1) is 19.0 Å². The molecule has 1 amide bonds. The normalized spacial score (nSPS) is 22.5. The first kappa shape index (κ1) is 16.8. The molecule has 1 aromatic rings. The van der Waals surface area contributed by atoms with Crippen molar-refractivity contribution in [1.29, 1.82) is 0 Å². The molecule has 5 heteroatoms. The molecule has 0 spiro atoms. The van der Waals surface area contributed by atoms with Crippen molar-refractivity contribution in [2.24, 2.45) is 5.92 Å². The lowest BCUT2D eigenvalue weighted by molar-refractivity contribution is -0.136. The number of likely N-dealkylation sites (tertiary alicyclic amines) is 1. The van der Waals surface area contributed by atoms with Gasteiger partial charge in [-0.05, 0) is 38.3 Å². The van der Waals surface area contributed by atoms with E-state index in [1.165, 1.54) is 16.0 Å². The number of rotatable bonds is 4. The first-order valence-electron chi connectivity index (χ1n) is 8.34. The van der Waals surface area contributed by atoms with Crippen molar-refractivity contribution in [3.8, 4) is 0 Å². The van der Waals surface area contributed by atoms with E-state index in [1.54, 1.807) is 11.8 Å². The average molecular weight is 335 g/mol. The van der Waals surface area contributed by atoms with Crippen LogP contribution in [0.15, 0.2) is 23.1 Å². The minimum absolute atomic E-state index is 0.114. The highest BCUT2D eigenvalue weighted by atomic mass is 32.2. The number of nitrogens with zero attached hydrogens (tertiary/aromatic N) is 1. The topological polar surface area (TPSA) is 38.8 Å². The lowest BCUT2D eigenvalue weighted by atomic mass is 9.97. The fourth-order valence-electron chi connectivity index (χ4n) is 3.20. The summed E-state index contributed by atoms with van der Waals surface area (Å²) >= 11 is 1.64. The first-order chi connectivity index (χ1) is 11.1. The number of ether oxygens (including phenoxy) is 2. The van der Waals surface area contributed by atoms with E-state index in [1.807, 2.05) is 4.90 Å². The molecule has 3 rings (SSSR count). The summed E-state index contributed by atoms with van der Waals surface area (Å²) in [5.74, 6) is 1.04. The molecule has 1 unspecified atom stereocenters. The van der Waals surface area contributed by atoms with Gasteiger partial charge >= 0.3 is 0 Å². The number of carbonyl (C=O) groups excluding carboxylic acids is 1. The predicted molar refractivity (Wildman–Crippen MR) is 91.6 cm³/mol. The molecule has 2 fully saturated rings. The Balaban J connectivity index is 1.54. The number of amides is 1. The summed E-state index contributed by atoms with van der Waals surface area (Å²) in [6.45, 7) is 7.15. The fraction of sp³-hybridized carbons (Fsp3) is 0.611. The maximum atomic E-state index is 12.6. The van der Waals surface area contributed by atoms with Crippen LogP contribution in [0.4, 0.5) is 0 Å². The van der Waals surface area contributed by atoms with Crippen LogP contribution in [0.2, 0.25) is 0 Å². The summed E-state index contributed by atoms with van der Waals surface area (Å²) in [4.78, 5) is 15.7. The molecule has 126 valence electrons. The van der Waals surface area contributed by atoms with Crippen molar-refractivity contribution in [2.75, 3.05) is 32.1 Å². The Bertz CT molecular complexity index is 557. The Hall–Kier alpha value is -1.04. The van der Waals surface area contributed by atoms with Gasteiger partial charge in [-0.1, -0.05) is 17.7 Å². The molecule has 1 atom stereocenters. The Morgan fingerprint density at radius 1 is 1.30 bits per heavy atom. The standard InChI is InChI=1S/C18H25NO3S/c1-13-5-6-14(2)16(10-13)23-12-17(20)19-7-3-4-15(11-19)18-21-8-9-22-18/h5-6,10,15,18H,3-4,7-9,11-12H2,1-2H3. The number of thioether (sulfide) groups is 1. The minimum Gasteiger partial charge on any atom is -0.350 e. The number of hydrogen-bond acceptors (Lipinski definition) is 4. The van der Waals surface area contributed by atoms with Gasteiger partial charge in [-0.15, -0.1) is 11.8 Å². The highest BCUT2D eigenvalue weighted by Crippen LogP contribution is 2.27. The summed E-state index contributed by atoms with van der Waals surface area (Å²) in [5.41, 5.74) is 2.47. The summed E-state index contributed by atoms with van der Waals surface area (Å²) < 4.78 is 11.2. The molecule has 23 heavy (non-hydrogen) atoms. The van der Waals surface area contributed by atoms with Crippen LogP contribution in [-0.4, -0.2) is 49.2 Å². The van der Waals surface area contributed by atoms with Gasteiger partial charge in [-0.25, -0.2) is 0 Å². The molecule has 0 aromatic heterocycles. The maximum absolute atomic E-state index is 12.6. The van der Waals surface area contributed by atoms with E-state index in [4.69, 9.17) is 9.47 Å². The van der Waals surface area contributed by atoms with Gasteiger partial charge in [0.15, 0.2) is 6.29 Å². The lowest BCUT2D eigenvalue weighted by Gasteiger charge is -2.34. The van der Waals surface area contributed by atoms with Crippen LogP contribution in [-0.2, 0) is 14.3 Å². The molecule has 2 aliphatic heterocycles. The third-order valence-corrected chi connectivity index (χ3v) is 5.68. The quantitative estimate of drug-likeness (QED) is 0.793. The van der Waals surface area contributed by atoms with Crippen molar-refractivity contribution >= 4 is 17.7 Å². The zero-order valence-electron chi connectivity index (χ0n) is 13.9. The predicted octanol–water partition coefficient (Wildman–Crippen LogP) is 3.01. The summed E-state index contributed by atoms with van der Waals surface area (Å²) in [6.07, 6.45) is 2.00. The third kappa shape index (κ3) is 4.28. The fourth-order valence-corrected chi connectivity index (χ4v) is 4.23. The number of hydrogen-bond donors (Lipinski definition) is 0. The van der Waals surface area contributed by atoms with Crippen LogP contribution in [0.3, 0.4) is 0 Å². The number of piperidine rings is 1. The van der Waals surface area contributed by atoms with Crippen LogP contribution in [0.1, 0.15) is 24.0 Å². The van der Waals surface area contributed by atoms with Gasteiger partial charge in [0.2, 0.25) is 5.91 Å². The van der Waals surface area contributed by atoms with E-state index >= 15 is 0 Å². The second-order valence-corrected chi connectivity index (χ2v) is 7.43. The molecule has 0 bridgehead atoms. The van der Waals surface area contributed by atoms with Gasteiger partial charge in [0.25, 0.3) is 0 Å². The second-order valence-electron chi connectivity index (χ2n) is 6.41. The van der Waals surface area contributed by atoms with Crippen LogP contribution >= 0.6 is 11.8 Å². The molecule has 1 aromatic carbocycles. The van der Waals surface area contributed by atoms with E-state index in [0.29, 0.717) is 24.9 Å². The molecule has 2 aliphatic rings. The first-order valence-corrected chi connectivity index (χ1v) is 9.33.